The van der Waals surface area contributed by atoms with E-state index in [0.717, 1.165) is 28.4 Å². The molecule has 4 aromatic heterocycles. The Morgan fingerprint density at radius 2 is 2.07 bits per heavy atom. The van der Waals surface area contributed by atoms with Crippen molar-refractivity contribution in [2.45, 2.75) is 6.10 Å². The van der Waals surface area contributed by atoms with Gasteiger partial charge >= 0.3 is 0 Å². The van der Waals surface area contributed by atoms with E-state index in [4.69, 9.17) is 4.74 Å². The van der Waals surface area contributed by atoms with E-state index in [-0.39, 0.29) is 17.6 Å². The van der Waals surface area contributed by atoms with Crippen LogP contribution in [0.4, 0.5) is 4.39 Å². The molecule has 0 saturated carbocycles. The van der Waals surface area contributed by atoms with Gasteiger partial charge in [0, 0.05) is 48.5 Å². The van der Waals surface area contributed by atoms with Crippen LogP contribution >= 0.6 is 0 Å². The molecule has 8 heteroatoms. The van der Waals surface area contributed by atoms with Gasteiger partial charge in [0.25, 0.3) is 5.91 Å². The average Bonchev–Trinajstić information content (AvgIpc) is 3.22. The van der Waals surface area contributed by atoms with Crippen molar-refractivity contribution in [3.05, 3.63) is 84.7 Å². The smallest absolute Gasteiger partial charge is 0.254 e. The van der Waals surface area contributed by atoms with Gasteiger partial charge in [-0.15, -0.1) is 0 Å². The van der Waals surface area contributed by atoms with Crippen molar-refractivity contribution in [1.82, 2.24) is 24.3 Å². The molecule has 30 heavy (non-hydrogen) atoms. The van der Waals surface area contributed by atoms with Crippen LogP contribution in [0.2, 0.25) is 0 Å². The van der Waals surface area contributed by atoms with E-state index in [2.05, 4.69) is 15.0 Å². The van der Waals surface area contributed by atoms with Gasteiger partial charge in [-0.2, -0.15) is 4.39 Å². The molecule has 0 aliphatic carbocycles. The van der Waals surface area contributed by atoms with Crippen molar-refractivity contribution in [1.29, 1.82) is 0 Å². The van der Waals surface area contributed by atoms with Crippen LogP contribution in [0.3, 0.4) is 0 Å². The summed E-state index contributed by atoms with van der Waals surface area (Å²) < 4.78 is 21.3. The van der Waals surface area contributed by atoms with Crippen LogP contribution in [0.5, 0.6) is 0 Å². The first kappa shape index (κ1) is 18.4. The van der Waals surface area contributed by atoms with Crippen molar-refractivity contribution in [3.8, 4) is 11.1 Å². The highest BCUT2D eigenvalue weighted by molar-refractivity contribution is 5.94. The van der Waals surface area contributed by atoms with Crippen LogP contribution in [-0.2, 0) is 4.74 Å². The van der Waals surface area contributed by atoms with E-state index in [1.165, 1.54) is 12.3 Å². The van der Waals surface area contributed by atoms with Gasteiger partial charge in [0.2, 0.25) is 5.95 Å². The minimum atomic E-state index is -0.671. The summed E-state index contributed by atoms with van der Waals surface area (Å²) in [6, 6.07) is 10.6. The van der Waals surface area contributed by atoms with E-state index >= 15 is 0 Å². The molecule has 1 aliphatic heterocycles. The number of carbonyl (C=O) groups excluding carboxylic acids is 1. The molecular formula is C22H18FN5O2. The summed E-state index contributed by atoms with van der Waals surface area (Å²) in [7, 11) is 0. The van der Waals surface area contributed by atoms with Gasteiger partial charge in [-0.1, -0.05) is 12.1 Å². The number of aromatic nitrogens is 4. The Morgan fingerprint density at radius 3 is 2.90 bits per heavy atom. The highest BCUT2D eigenvalue weighted by atomic mass is 19.1. The number of imidazole rings is 1. The van der Waals surface area contributed by atoms with Crippen LogP contribution in [0, 0.1) is 5.95 Å². The van der Waals surface area contributed by atoms with E-state index in [9.17, 15) is 9.18 Å². The zero-order valence-corrected chi connectivity index (χ0v) is 16.0. The fraction of sp³-hybridized carbons (Fsp3) is 0.182. The van der Waals surface area contributed by atoms with Crippen molar-refractivity contribution in [3.63, 3.8) is 0 Å². The second-order valence-electron chi connectivity index (χ2n) is 7.06. The van der Waals surface area contributed by atoms with E-state index < -0.39 is 5.95 Å². The normalized spacial score (nSPS) is 16.7. The van der Waals surface area contributed by atoms with Gasteiger partial charge in [-0.05, 0) is 23.8 Å². The molecular weight excluding hydrogens is 385 g/mol. The lowest BCUT2D eigenvalue weighted by Gasteiger charge is -2.32. The second-order valence-corrected chi connectivity index (χ2v) is 7.06. The fourth-order valence-corrected chi connectivity index (χ4v) is 3.69. The first-order valence-electron chi connectivity index (χ1n) is 9.58. The Kier molecular flexibility index (Phi) is 4.68. The molecule has 1 amide bonds. The number of morpholine rings is 1. The van der Waals surface area contributed by atoms with E-state index in [0.29, 0.717) is 19.7 Å². The number of fused-ring (bicyclic) bond motifs is 1. The summed E-state index contributed by atoms with van der Waals surface area (Å²) in [5, 5.41) is 0. The Balaban J connectivity index is 1.40. The molecule has 0 aromatic carbocycles. The zero-order chi connectivity index (χ0) is 20.5. The molecule has 0 spiro atoms. The highest BCUT2D eigenvalue weighted by Crippen LogP contribution is 2.27. The molecule has 0 N–H and O–H groups in total. The number of pyridine rings is 3. The topological polar surface area (TPSA) is 72.6 Å². The quantitative estimate of drug-likeness (QED) is 0.492. The molecule has 0 bridgehead atoms. The molecule has 0 radical (unpaired) electrons. The van der Waals surface area contributed by atoms with Crippen LogP contribution in [0.25, 0.3) is 16.6 Å². The maximum Gasteiger partial charge on any atom is 0.254 e. The molecule has 1 aliphatic rings. The third-order valence-electron chi connectivity index (χ3n) is 5.19. The molecule has 1 fully saturated rings. The lowest BCUT2D eigenvalue weighted by atomic mass is 10.1. The van der Waals surface area contributed by atoms with Gasteiger partial charge in [0.1, 0.15) is 6.10 Å². The van der Waals surface area contributed by atoms with Gasteiger partial charge < -0.3 is 14.0 Å². The zero-order valence-electron chi connectivity index (χ0n) is 16.0. The number of halogens is 1. The third-order valence-corrected chi connectivity index (χ3v) is 5.19. The number of hydrogen-bond donors (Lipinski definition) is 0. The monoisotopic (exact) mass is 403 g/mol. The minimum Gasteiger partial charge on any atom is -0.368 e. The van der Waals surface area contributed by atoms with Crippen molar-refractivity contribution in [2.24, 2.45) is 0 Å². The van der Waals surface area contributed by atoms with Crippen LogP contribution in [0.15, 0.2) is 67.5 Å². The number of ether oxygens (including phenoxy) is 1. The molecule has 5 heterocycles. The van der Waals surface area contributed by atoms with Gasteiger partial charge in [0.15, 0.2) is 0 Å². The number of rotatable bonds is 3. The Morgan fingerprint density at radius 1 is 1.13 bits per heavy atom. The molecule has 1 saturated heterocycles. The Bertz CT molecular complexity index is 1210. The largest absolute Gasteiger partial charge is 0.368 e. The van der Waals surface area contributed by atoms with Crippen molar-refractivity contribution < 1.29 is 13.9 Å². The molecule has 150 valence electrons. The summed E-state index contributed by atoms with van der Waals surface area (Å²) >= 11 is 0. The lowest BCUT2D eigenvalue weighted by molar-refractivity contribution is -0.0239. The Labute approximate surface area is 171 Å². The predicted octanol–water partition coefficient (Wildman–Crippen LogP) is 3.14. The first-order chi connectivity index (χ1) is 14.7. The number of nitrogens with zero attached hydrogens (tertiary/aromatic N) is 5. The molecule has 7 nitrogen and oxygen atoms in total. The molecule has 1 atom stereocenters. The first-order valence-corrected chi connectivity index (χ1v) is 9.58. The summed E-state index contributed by atoms with van der Waals surface area (Å²) in [5.41, 5.74) is 4.01. The van der Waals surface area contributed by atoms with Gasteiger partial charge in [0.05, 0.1) is 30.7 Å². The standard InChI is InChI=1S/C22H18FN5O2/c23-20-10-15(5-7-25-20)22(29)27-8-9-30-19(13-27)21-18-4-3-17(12-28(18)14-26-21)16-2-1-6-24-11-16/h1-7,10-12,14,19H,8-9,13H2/t19-/m1/s1. The van der Waals surface area contributed by atoms with E-state index in [1.807, 2.05) is 41.1 Å². The Hall–Kier alpha value is -3.65. The number of carbonyl (C=O) groups is 1. The van der Waals surface area contributed by atoms with Crippen LogP contribution in [0.1, 0.15) is 22.2 Å². The molecule has 0 unspecified atom stereocenters. The molecule has 4 aromatic rings. The maximum atomic E-state index is 13.4. The SMILES string of the molecule is O=C(c1ccnc(F)c1)N1CCO[C@@H](c2ncn3cc(-c4cccnc4)ccc23)C1. The van der Waals surface area contributed by atoms with Gasteiger partial charge in [-0.25, -0.2) is 9.97 Å². The second kappa shape index (κ2) is 7.64. The van der Waals surface area contributed by atoms with Crippen LogP contribution < -0.4 is 0 Å². The fourth-order valence-electron chi connectivity index (χ4n) is 3.69. The van der Waals surface area contributed by atoms with Gasteiger partial charge in [-0.3, -0.25) is 9.78 Å². The third kappa shape index (κ3) is 3.42. The highest BCUT2D eigenvalue weighted by Gasteiger charge is 2.29. The van der Waals surface area contributed by atoms with E-state index in [1.54, 1.807) is 17.4 Å². The molecule has 5 rings (SSSR count). The lowest BCUT2D eigenvalue weighted by Crippen LogP contribution is -2.42. The van der Waals surface area contributed by atoms with Crippen molar-refractivity contribution >= 4 is 11.4 Å². The summed E-state index contributed by atoms with van der Waals surface area (Å²) in [4.78, 5) is 26.7. The van der Waals surface area contributed by atoms with Crippen molar-refractivity contribution in [2.75, 3.05) is 19.7 Å². The average molecular weight is 403 g/mol. The summed E-state index contributed by atoms with van der Waals surface area (Å²) in [6.07, 6.45) is 8.23. The summed E-state index contributed by atoms with van der Waals surface area (Å²) in [6.45, 7) is 1.17. The predicted molar refractivity (Wildman–Crippen MR) is 107 cm³/mol. The maximum absolute atomic E-state index is 13.4. The minimum absolute atomic E-state index is 0.244. The number of amides is 1. The van der Waals surface area contributed by atoms with Crippen LogP contribution in [-0.4, -0.2) is 49.9 Å². The number of hydrogen-bond acceptors (Lipinski definition) is 5. The summed E-state index contributed by atoms with van der Waals surface area (Å²) in [5.74, 6) is -0.915.